The number of allylic oxidation sites excluding steroid dienone is 4. The molecule has 1 N–H and O–H groups in total. The molecule has 2 unspecified atom stereocenters. The van der Waals surface area contributed by atoms with Crippen LogP contribution in [0.25, 0.3) is 0 Å². The molecule has 2 atom stereocenters. The van der Waals surface area contributed by atoms with E-state index in [4.69, 9.17) is 9.47 Å². The molecule has 1 heterocycles. The molecule has 0 spiro atoms. The maximum atomic E-state index is 6.08. The van der Waals surface area contributed by atoms with Gasteiger partial charge in [0.15, 0.2) is 0 Å². The highest BCUT2D eigenvalue weighted by Gasteiger charge is 2.27. The van der Waals surface area contributed by atoms with Crippen molar-refractivity contribution in [3.05, 3.63) is 24.3 Å². The van der Waals surface area contributed by atoms with Gasteiger partial charge in [-0.05, 0) is 64.2 Å². The lowest BCUT2D eigenvalue weighted by Crippen LogP contribution is -2.23. The van der Waals surface area contributed by atoms with E-state index in [9.17, 15) is 0 Å². The van der Waals surface area contributed by atoms with Gasteiger partial charge >= 0.3 is 0 Å². The van der Waals surface area contributed by atoms with Crippen LogP contribution in [0.5, 0.6) is 0 Å². The fourth-order valence-corrected chi connectivity index (χ4v) is 5.84. The van der Waals surface area contributed by atoms with Gasteiger partial charge in [0.1, 0.15) is 0 Å². The second-order valence-electron chi connectivity index (χ2n) is 12.8. The van der Waals surface area contributed by atoms with Crippen LogP contribution >= 0.6 is 0 Å². The molecule has 0 aromatic heterocycles. The van der Waals surface area contributed by atoms with E-state index in [0.717, 1.165) is 39.5 Å². The van der Waals surface area contributed by atoms with Crippen LogP contribution < -0.4 is 5.32 Å². The molecule has 1 rings (SSSR count). The van der Waals surface area contributed by atoms with Gasteiger partial charge in [-0.15, -0.1) is 0 Å². The summed E-state index contributed by atoms with van der Waals surface area (Å²) in [4.78, 5) is 0. The lowest BCUT2D eigenvalue weighted by molar-refractivity contribution is 0.0482. The summed E-state index contributed by atoms with van der Waals surface area (Å²) in [6.45, 7) is 10.4. The van der Waals surface area contributed by atoms with Gasteiger partial charge in [-0.25, -0.2) is 0 Å². The molecule has 1 fully saturated rings. The molecule has 0 amide bonds. The Hall–Kier alpha value is -0.640. The van der Waals surface area contributed by atoms with Gasteiger partial charge < -0.3 is 14.8 Å². The quantitative estimate of drug-likeness (QED) is 0.0639. The molecular formula is C38H73NO2. The topological polar surface area (TPSA) is 30.5 Å². The van der Waals surface area contributed by atoms with Crippen molar-refractivity contribution in [3.63, 3.8) is 0 Å². The van der Waals surface area contributed by atoms with Crippen LogP contribution in [-0.4, -0.2) is 39.5 Å². The first-order valence-electron chi connectivity index (χ1n) is 18.5. The minimum Gasteiger partial charge on any atom is -0.381 e. The van der Waals surface area contributed by atoms with Crippen molar-refractivity contribution in [1.82, 2.24) is 5.32 Å². The summed E-state index contributed by atoms with van der Waals surface area (Å²) < 4.78 is 12.2. The summed E-state index contributed by atoms with van der Waals surface area (Å²) >= 11 is 0. The lowest BCUT2D eigenvalue weighted by Gasteiger charge is -2.18. The van der Waals surface area contributed by atoms with E-state index in [1.807, 2.05) is 0 Å². The first-order valence-corrected chi connectivity index (χ1v) is 18.5. The second kappa shape index (κ2) is 32.3. The van der Waals surface area contributed by atoms with Crippen molar-refractivity contribution in [1.29, 1.82) is 0 Å². The summed E-state index contributed by atoms with van der Waals surface area (Å²) in [6.07, 6.45) is 41.8. The van der Waals surface area contributed by atoms with Gasteiger partial charge in [0.2, 0.25) is 0 Å². The number of unbranched alkanes of at least 4 members (excludes halogenated alkanes) is 20. The summed E-state index contributed by atoms with van der Waals surface area (Å²) in [7, 11) is 0. The third kappa shape index (κ3) is 26.7. The predicted molar refractivity (Wildman–Crippen MR) is 182 cm³/mol. The Labute approximate surface area is 258 Å². The van der Waals surface area contributed by atoms with E-state index in [1.165, 1.54) is 154 Å². The van der Waals surface area contributed by atoms with Crippen molar-refractivity contribution in [2.45, 2.75) is 168 Å². The maximum absolute atomic E-state index is 6.08. The van der Waals surface area contributed by atoms with Gasteiger partial charge in [0.25, 0.3) is 0 Å². The van der Waals surface area contributed by atoms with Crippen molar-refractivity contribution < 1.29 is 9.47 Å². The monoisotopic (exact) mass is 576 g/mol. The molecule has 242 valence electrons. The number of hydrogen-bond acceptors (Lipinski definition) is 3. The highest BCUT2D eigenvalue weighted by atomic mass is 16.5. The highest BCUT2D eigenvalue weighted by Crippen LogP contribution is 2.18. The normalized spacial score (nSPS) is 17.5. The van der Waals surface area contributed by atoms with E-state index in [2.05, 4.69) is 43.5 Å². The van der Waals surface area contributed by atoms with Crippen LogP contribution in [0.3, 0.4) is 0 Å². The number of ether oxygens (including phenoxy) is 2. The molecule has 0 saturated carbocycles. The molecule has 1 aliphatic heterocycles. The standard InChI is InChI=1S/C38H73NO2/c1-3-5-7-9-11-13-15-17-19-21-23-25-27-29-31-40-35-37-33-39-34-38(37)36-41-32-30-28-26-24-22-20-18-16-14-12-10-8-6-4-2/h13-16,37-39H,3-12,17-36H2,1-2H3. The Balaban J connectivity index is 1.82. The van der Waals surface area contributed by atoms with Crippen LogP contribution in [0.2, 0.25) is 0 Å². The van der Waals surface area contributed by atoms with E-state index >= 15 is 0 Å². The predicted octanol–water partition coefficient (Wildman–Crippen LogP) is 11.4. The molecular weight excluding hydrogens is 502 g/mol. The average molecular weight is 576 g/mol. The van der Waals surface area contributed by atoms with Gasteiger partial charge in [-0.3, -0.25) is 0 Å². The lowest BCUT2D eigenvalue weighted by atomic mass is 9.98. The molecule has 1 aliphatic rings. The Morgan fingerprint density at radius 2 is 0.756 bits per heavy atom. The van der Waals surface area contributed by atoms with Crippen LogP contribution in [0.4, 0.5) is 0 Å². The third-order valence-electron chi connectivity index (χ3n) is 8.74. The number of rotatable bonds is 32. The maximum Gasteiger partial charge on any atom is 0.0510 e. The van der Waals surface area contributed by atoms with Crippen molar-refractivity contribution in [2.24, 2.45) is 11.8 Å². The summed E-state index contributed by atoms with van der Waals surface area (Å²) in [5.74, 6) is 1.25. The molecule has 0 aliphatic carbocycles. The SMILES string of the molecule is CCCCCCC=CCCCCCCCCOCC1CNCC1COCCCCCCCCC=CCCCCCC. The van der Waals surface area contributed by atoms with Crippen molar-refractivity contribution in [3.8, 4) is 0 Å². The van der Waals surface area contributed by atoms with E-state index in [0.29, 0.717) is 11.8 Å². The fraction of sp³-hybridized carbons (Fsp3) is 0.895. The Morgan fingerprint density at radius 1 is 0.439 bits per heavy atom. The molecule has 0 bridgehead atoms. The van der Waals surface area contributed by atoms with E-state index < -0.39 is 0 Å². The van der Waals surface area contributed by atoms with Gasteiger partial charge in [-0.1, -0.05) is 128 Å². The van der Waals surface area contributed by atoms with Crippen LogP contribution in [-0.2, 0) is 9.47 Å². The molecule has 3 heteroatoms. The fourth-order valence-electron chi connectivity index (χ4n) is 5.84. The smallest absolute Gasteiger partial charge is 0.0510 e. The number of hydrogen-bond donors (Lipinski definition) is 1. The van der Waals surface area contributed by atoms with Crippen molar-refractivity contribution in [2.75, 3.05) is 39.5 Å². The van der Waals surface area contributed by atoms with Crippen LogP contribution in [0.1, 0.15) is 168 Å². The minimum absolute atomic E-state index is 0.625. The zero-order chi connectivity index (χ0) is 29.3. The first kappa shape index (κ1) is 38.4. The molecule has 1 saturated heterocycles. The average Bonchev–Trinajstić information content (AvgIpc) is 3.43. The molecule has 3 nitrogen and oxygen atoms in total. The second-order valence-corrected chi connectivity index (χ2v) is 12.8. The summed E-state index contributed by atoms with van der Waals surface area (Å²) in [5.41, 5.74) is 0. The highest BCUT2D eigenvalue weighted by molar-refractivity contribution is 4.82. The molecule has 0 radical (unpaired) electrons. The molecule has 0 aromatic rings. The van der Waals surface area contributed by atoms with Gasteiger partial charge in [-0.2, -0.15) is 0 Å². The van der Waals surface area contributed by atoms with E-state index in [-0.39, 0.29) is 0 Å². The minimum atomic E-state index is 0.625. The Morgan fingerprint density at radius 3 is 1.12 bits per heavy atom. The molecule has 0 aromatic carbocycles. The molecule has 41 heavy (non-hydrogen) atoms. The third-order valence-corrected chi connectivity index (χ3v) is 8.74. The summed E-state index contributed by atoms with van der Waals surface area (Å²) in [5, 5.41) is 3.56. The summed E-state index contributed by atoms with van der Waals surface area (Å²) in [6, 6.07) is 0. The number of nitrogens with one attached hydrogen (secondary N) is 1. The van der Waals surface area contributed by atoms with E-state index in [1.54, 1.807) is 0 Å². The van der Waals surface area contributed by atoms with Crippen LogP contribution in [0, 0.1) is 11.8 Å². The van der Waals surface area contributed by atoms with Crippen molar-refractivity contribution >= 4 is 0 Å². The van der Waals surface area contributed by atoms with Gasteiger partial charge in [0.05, 0.1) is 13.2 Å². The zero-order valence-electron chi connectivity index (χ0n) is 28.0. The van der Waals surface area contributed by atoms with Crippen LogP contribution in [0.15, 0.2) is 24.3 Å². The van der Waals surface area contributed by atoms with Gasteiger partial charge in [0, 0.05) is 38.1 Å². The Bertz CT molecular complexity index is 512. The largest absolute Gasteiger partial charge is 0.381 e. The Kier molecular flexibility index (Phi) is 30.2. The zero-order valence-corrected chi connectivity index (χ0v) is 28.0. The first-order chi connectivity index (χ1) is 20.4.